The van der Waals surface area contributed by atoms with Crippen molar-refractivity contribution in [2.75, 3.05) is 13.2 Å². The summed E-state index contributed by atoms with van der Waals surface area (Å²) in [5.74, 6) is 1.04. The monoisotopic (exact) mass is 481 g/mol. The smallest absolute Gasteiger partial charge is 0.236 e. The number of nitrogens with one attached hydrogen (secondary N) is 1. The second-order valence-electron chi connectivity index (χ2n) is 9.48. The Labute approximate surface area is 205 Å². The number of benzene rings is 1. The molecule has 3 heterocycles. The zero-order valence-electron chi connectivity index (χ0n) is 20.2. The number of rotatable bonds is 8. The van der Waals surface area contributed by atoms with Gasteiger partial charge in [-0.1, -0.05) is 49.2 Å². The molecule has 1 saturated heterocycles. The van der Waals surface area contributed by atoms with Gasteiger partial charge in [0.2, 0.25) is 5.91 Å². The highest BCUT2D eigenvalue weighted by Crippen LogP contribution is 2.33. The fourth-order valence-electron chi connectivity index (χ4n) is 5.42. The molecule has 2 aliphatic rings. The van der Waals surface area contributed by atoms with Gasteiger partial charge in [-0.05, 0) is 45.6 Å². The minimum Gasteiger partial charge on any atom is -0.376 e. The lowest BCUT2D eigenvalue weighted by Gasteiger charge is -2.35. The first-order valence-corrected chi connectivity index (χ1v) is 13.6. The van der Waals surface area contributed by atoms with Crippen molar-refractivity contribution < 1.29 is 9.53 Å². The van der Waals surface area contributed by atoms with Gasteiger partial charge in [0.1, 0.15) is 0 Å². The number of ether oxygens (including phenoxy) is 1. The van der Waals surface area contributed by atoms with Crippen molar-refractivity contribution in [1.29, 1.82) is 0 Å². The average molecular weight is 482 g/mol. The molecule has 34 heavy (non-hydrogen) atoms. The van der Waals surface area contributed by atoms with Crippen LogP contribution in [-0.4, -0.2) is 61.1 Å². The molecule has 1 aromatic carbocycles. The lowest BCUT2D eigenvalue weighted by Crippen LogP contribution is -2.44. The molecule has 1 aliphatic heterocycles. The second-order valence-corrected chi connectivity index (χ2v) is 10.8. The quantitative estimate of drug-likeness (QED) is 0.444. The van der Waals surface area contributed by atoms with Gasteiger partial charge in [0.05, 0.1) is 17.9 Å². The maximum Gasteiger partial charge on any atom is 0.236 e. The maximum absolute atomic E-state index is 13.5. The van der Waals surface area contributed by atoms with E-state index in [-0.39, 0.29) is 17.3 Å². The van der Waals surface area contributed by atoms with Crippen LogP contribution in [0.2, 0.25) is 0 Å². The molecule has 182 valence electrons. The van der Waals surface area contributed by atoms with Gasteiger partial charge in [0.25, 0.3) is 0 Å². The van der Waals surface area contributed by atoms with Crippen LogP contribution in [0.4, 0.5) is 0 Å². The number of amides is 1. The number of carbonyl (C=O) groups is 1. The Kier molecular flexibility index (Phi) is 7.25. The highest BCUT2D eigenvalue weighted by molar-refractivity contribution is 8.00. The Bertz CT molecular complexity index is 1110. The Hall–Kier alpha value is -2.32. The number of aromatic amines is 1. The lowest BCUT2D eigenvalue weighted by atomic mass is 9.94. The van der Waals surface area contributed by atoms with Crippen LogP contribution >= 0.6 is 11.8 Å². The number of carbonyl (C=O) groups excluding carboxylic acids is 1. The maximum atomic E-state index is 13.5. The molecule has 2 unspecified atom stereocenters. The summed E-state index contributed by atoms with van der Waals surface area (Å²) in [6.45, 7) is 6.37. The van der Waals surface area contributed by atoms with E-state index >= 15 is 0 Å². The number of nitrogens with zero attached hydrogens (tertiary/aromatic N) is 4. The third-order valence-electron chi connectivity index (χ3n) is 7.23. The summed E-state index contributed by atoms with van der Waals surface area (Å²) in [7, 11) is 0. The molecule has 2 atom stereocenters. The van der Waals surface area contributed by atoms with Crippen molar-refractivity contribution in [3.8, 4) is 11.4 Å². The molecule has 7 nitrogen and oxygen atoms in total. The molecule has 8 heteroatoms. The van der Waals surface area contributed by atoms with Crippen LogP contribution in [0.5, 0.6) is 0 Å². The highest BCUT2D eigenvalue weighted by Gasteiger charge is 2.30. The first-order chi connectivity index (χ1) is 16.7. The molecule has 2 aromatic heterocycles. The van der Waals surface area contributed by atoms with Crippen LogP contribution in [0.1, 0.15) is 58.8 Å². The molecule has 1 amide bonds. The molecule has 2 fully saturated rings. The number of fused-ring (bicyclic) bond motifs is 1. The van der Waals surface area contributed by atoms with E-state index in [1.165, 1.54) is 31.0 Å². The summed E-state index contributed by atoms with van der Waals surface area (Å²) < 4.78 is 8.12. The largest absolute Gasteiger partial charge is 0.376 e. The highest BCUT2D eigenvalue weighted by atomic mass is 32.2. The number of thioether (sulfide) groups is 1. The van der Waals surface area contributed by atoms with Gasteiger partial charge in [0.15, 0.2) is 11.0 Å². The lowest BCUT2D eigenvalue weighted by molar-refractivity contribution is -0.133. The van der Waals surface area contributed by atoms with E-state index in [4.69, 9.17) is 4.74 Å². The Morgan fingerprint density at radius 1 is 1.21 bits per heavy atom. The van der Waals surface area contributed by atoms with Crippen molar-refractivity contribution in [1.82, 2.24) is 24.6 Å². The predicted molar refractivity (Wildman–Crippen MR) is 136 cm³/mol. The number of aromatic nitrogens is 4. The van der Waals surface area contributed by atoms with E-state index in [0.29, 0.717) is 12.6 Å². The van der Waals surface area contributed by atoms with E-state index in [9.17, 15) is 4.79 Å². The molecule has 1 N–H and O–H groups in total. The van der Waals surface area contributed by atoms with Crippen molar-refractivity contribution in [3.05, 3.63) is 30.5 Å². The summed E-state index contributed by atoms with van der Waals surface area (Å²) in [6.07, 6.45) is 10.3. The third-order valence-corrected chi connectivity index (χ3v) is 8.29. The predicted octanol–water partition coefficient (Wildman–Crippen LogP) is 5.27. The fraction of sp³-hybridized carbons (Fsp3) is 0.577. The zero-order chi connectivity index (χ0) is 23.5. The molecular formula is C26H35N5O2S. The Morgan fingerprint density at radius 2 is 2.03 bits per heavy atom. The molecule has 1 aliphatic carbocycles. The van der Waals surface area contributed by atoms with Crippen LogP contribution in [0.25, 0.3) is 22.3 Å². The van der Waals surface area contributed by atoms with Gasteiger partial charge in [-0.2, -0.15) is 0 Å². The Balaban J connectivity index is 1.42. The van der Waals surface area contributed by atoms with Crippen LogP contribution in [0.15, 0.2) is 35.6 Å². The average Bonchev–Trinajstić information content (AvgIpc) is 3.61. The SMILES string of the molecule is CCN(C(=O)C(C)Sc1nnc(-c2c[nH]c3ccccc23)n1CC1CCCO1)C1CCCCC1. The van der Waals surface area contributed by atoms with Crippen molar-refractivity contribution >= 4 is 28.6 Å². The molecule has 3 aromatic rings. The van der Waals surface area contributed by atoms with Gasteiger partial charge in [-0.3, -0.25) is 9.36 Å². The minimum absolute atomic E-state index is 0.152. The second kappa shape index (κ2) is 10.5. The van der Waals surface area contributed by atoms with Crippen LogP contribution in [0, 0.1) is 0 Å². The summed E-state index contributed by atoms with van der Waals surface area (Å²) in [5, 5.41) is 10.9. The fourth-order valence-corrected chi connectivity index (χ4v) is 6.35. The molecule has 0 bridgehead atoms. The minimum atomic E-state index is -0.217. The van der Waals surface area contributed by atoms with Gasteiger partial charge < -0.3 is 14.6 Å². The van der Waals surface area contributed by atoms with E-state index < -0.39 is 0 Å². The molecular weight excluding hydrogens is 446 g/mol. The van der Waals surface area contributed by atoms with E-state index in [1.54, 1.807) is 0 Å². The number of para-hydroxylation sites is 1. The van der Waals surface area contributed by atoms with Crippen LogP contribution < -0.4 is 0 Å². The first kappa shape index (κ1) is 23.4. The number of hydrogen-bond acceptors (Lipinski definition) is 5. The van der Waals surface area contributed by atoms with Crippen LogP contribution in [-0.2, 0) is 16.1 Å². The van der Waals surface area contributed by atoms with Crippen LogP contribution in [0.3, 0.4) is 0 Å². The van der Waals surface area contributed by atoms with Crippen molar-refractivity contribution in [3.63, 3.8) is 0 Å². The van der Waals surface area contributed by atoms with Gasteiger partial charge in [0, 0.05) is 41.9 Å². The topological polar surface area (TPSA) is 76.0 Å². The van der Waals surface area contributed by atoms with Gasteiger partial charge in [-0.25, -0.2) is 0 Å². The first-order valence-electron chi connectivity index (χ1n) is 12.7. The Morgan fingerprint density at radius 3 is 2.79 bits per heavy atom. The molecule has 0 spiro atoms. The molecule has 5 rings (SSSR count). The number of hydrogen-bond donors (Lipinski definition) is 1. The van der Waals surface area contributed by atoms with Gasteiger partial charge in [-0.15, -0.1) is 10.2 Å². The summed E-state index contributed by atoms with van der Waals surface area (Å²) in [6, 6.07) is 8.62. The van der Waals surface area contributed by atoms with Crippen molar-refractivity contribution in [2.24, 2.45) is 0 Å². The third kappa shape index (κ3) is 4.75. The van der Waals surface area contributed by atoms with Gasteiger partial charge >= 0.3 is 0 Å². The summed E-state index contributed by atoms with van der Waals surface area (Å²) >= 11 is 1.53. The zero-order valence-corrected chi connectivity index (χ0v) is 21.0. The standard InChI is InChI=1S/C26H35N5O2S/c1-3-30(19-10-5-4-6-11-19)25(32)18(2)34-26-29-28-24(31(26)17-20-12-9-15-33-20)22-16-27-23-14-8-7-13-21(22)23/h7-8,13-14,16,18-20,27H,3-6,9-12,15,17H2,1-2H3. The summed E-state index contributed by atoms with van der Waals surface area (Å²) in [5.41, 5.74) is 2.11. The van der Waals surface area contributed by atoms with E-state index in [2.05, 4.69) is 43.7 Å². The molecule has 1 saturated carbocycles. The number of H-pyrrole nitrogens is 1. The van der Waals surface area contributed by atoms with E-state index in [1.807, 2.05) is 25.3 Å². The normalized spacial score (nSPS) is 20.1. The summed E-state index contributed by atoms with van der Waals surface area (Å²) in [4.78, 5) is 18.9. The van der Waals surface area contributed by atoms with E-state index in [0.717, 1.165) is 66.3 Å². The molecule has 0 radical (unpaired) electrons. The van der Waals surface area contributed by atoms with Crippen molar-refractivity contribution in [2.45, 2.75) is 87.9 Å².